The van der Waals surface area contributed by atoms with Crippen LogP contribution in [0.4, 0.5) is 4.79 Å². The Morgan fingerprint density at radius 1 is 1.25 bits per heavy atom. The van der Waals surface area contributed by atoms with Gasteiger partial charge in [-0.3, -0.25) is 4.79 Å². The van der Waals surface area contributed by atoms with E-state index in [4.69, 9.17) is 4.74 Å². The maximum atomic E-state index is 12.2. The monoisotopic (exact) mass is 331 g/mol. The zero-order chi connectivity index (χ0) is 17.9. The molecule has 2 amide bonds. The number of hydrogen-bond donors (Lipinski definition) is 2. The summed E-state index contributed by atoms with van der Waals surface area (Å²) in [5.74, 6) is -0.256. The normalized spacial score (nSPS) is 12.7. The Morgan fingerprint density at radius 2 is 1.92 bits per heavy atom. The predicted octanol–water partition coefficient (Wildman–Crippen LogP) is 2.36. The van der Waals surface area contributed by atoms with E-state index in [2.05, 4.69) is 10.6 Å². The van der Waals surface area contributed by atoms with Gasteiger partial charge in [0, 0.05) is 37.6 Å². The van der Waals surface area contributed by atoms with Gasteiger partial charge < -0.3 is 19.9 Å². The van der Waals surface area contributed by atoms with Crippen LogP contribution in [-0.4, -0.2) is 35.3 Å². The number of para-hydroxylation sites is 1. The highest BCUT2D eigenvalue weighted by molar-refractivity contribution is 5.88. The topological polar surface area (TPSA) is 72.4 Å². The fourth-order valence-electron chi connectivity index (χ4n) is 2.64. The molecule has 6 heteroatoms. The summed E-state index contributed by atoms with van der Waals surface area (Å²) in [6.45, 7) is 5.35. The SMILES string of the molecule is CNC(=O)[C@@H](Cc1cn(C)c2ccccc12)NC(=O)OC(C)(C)C. The summed E-state index contributed by atoms with van der Waals surface area (Å²) in [6, 6.07) is 7.27. The molecular weight excluding hydrogens is 306 g/mol. The van der Waals surface area contributed by atoms with Gasteiger partial charge >= 0.3 is 6.09 Å². The summed E-state index contributed by atoms with van der Waals surface area (Å²) in [7, 11) is 3.51. The van der Waals surface area contributed by atoms with E-state index in [1.807, 2.05) is 42.1 Å². The molecule has 0 aliphatic rings. The number of aromatic nitrogens is 1. The van der Waals surface area contributed by atoms with Crippen molar-refractivity contribution >= 4 is 22.9 Å². The summed E-state index contributed by atoms with van der Waals surface area (Å²) in [5.41, 5.74) is 1.47. The molecule has 0 radical (unpaired) electrons. The first-order valence-corrected chi connectivity index (χ1v) is 7.95. The Balaban J connectivity index is 2.22. The number of carbonyl (C=O) groups excluding carboxylic acids is 2. The molecule has 1 aromatic carbocycles. The third-order valence-electron chi connectivity index (χ3n) is 3.66. The maximum Gasteiger partial charge on any atom is 0.408 e. The highest BCUT2D eigenvalue weighted by Gasteiger charge is 2.25. The molecule has 0 spiro atoms. The maximum absolute atomic E-state index is 12.2. The first-order valence-electron chi connectivity index (χ1n) is 7.95. The average Bonchev–Trinajstić information content (AvgIpc) is 2.81. The number of hydrogen-bond acceptors (Lipinski definition) is 3. The van der Waals surface area contributed by atoms with Crippen LogP contribution in [0.5, 0.6) is 0 Å². The van der Waals surface area contributed by atoms with Crippen molar-refractivity contribution in [1.82, 2.24) is 15.2 Å². The molecule has 0 fully saturated rings. The molecule has 130 valence electrons. The van der Waals surface area contributed by atoms with Gasteiger partial charge in [0.05, 0.1) is 0 Å². The van der Waals surface area contributed by atoms with Gasteiger partial charge in [0.2, 0.25) is 5.91 Å². The lowest BCUT2D eigenvalue weighted by molar-refractivity contribution is -0.122. The van der Waals surface area contributed by atoms with Crippen molar-refractivity contribution in [3.63, 3.8) is 0 Å². The summed E-state index contributed by atoms with van der Waals surface area (Å²) < 4.78 is 7.27. The largest absolute Gasteiger partial charge is 0.444 e. The second-order valence-corrected chi connectivity index (χ2v) is 6.80. The van der Waals surface area contributed by atoms with Crippen molar-refractivity contribution in [3.05, 3.63) is 36.0 Å². The molecule has 2 rings (SSSR count). The van der Waals surface area contributed by atoms with Gasteiger partial charge in [0.15, 0.2) is 0 Å². The predicted molar refractivity (Wildman–Crippen MR) is 93.8 cm³/mol. The lowest BCUT2D eigenvalue weighted by atomic mass is 10.0. The molecule has 0 unspecified atom stereocenters. The molecule has 1 aromatic heterocycles. The Morgan fingerprint density at radius 3 is 2.54 bits per heavy atom. The smallest absolute Gasteiger partial charge is 0.408 e. The van der Waals surface area contributed by atoms with Crippen LogP contribution in [0.15, 0.2) is 30.5 Å². The van der Waals surface area contributed by atoms with Crippen molar-refractivity contribution in [2.45, 2.75) is 38.8 Å². The molecule has 0 saturated heterocycles. The van der Waals surface area contributed by atoms with Crippen LogP contribution in [0.1, 0.15) is 26.3 Å². The molecular formula is C18H25N3O3. The fraction of sp³-hybridized carbons (Fsp3) is 0.444. The molecule has 0 aliphatic heterocycles. The summed E-state index contributed by atoms with van der Waals surface area (Å²) in [4.78, 5) is 24.2. The molecule has 1 heterocycles. The van der Waals surface area contributed by atoms with Crippen molar-refractivity contribution in [2.24, 2.45) is 7.05 Å². The number of carbonyl (C=O) groups is 2. The van der Waals surface area contributed by atoms with E-state index in [1.165, 1.54) is 0 Å². The van der Waals surface area contributed by atoms with Gasteiger partial charge in [-0.15, -0.1) is 0 Å². The minimum atomic E-state index is -0.698. The van der Waals surface area contributed by atoms with Gasteiger partial charge in [-0.25, -0.2) is 4.79 Å². The number of ether oxygens (including phenoxy) is 1. The number of amides is 2. The summed E-state index contributed by atoms with van der Waals surface area (Å²) in [6.07, 6.45) is 1.77. The number of aryl methyl sites for hydroxylation is 1. The first-order chi connectivity index (χ1) is 11.2. The summed E-state index contributed by atoms with van der Waals surface area (Å²) in [5, 5.41) is 6.33. The lowest BCUT2D eigenvalue weighted by Gasteiger charge is -2.23. The molecule has 0 bridgehead atoms. The van der Waals surface area contributed by atoms with Gasteiger partial charge in [0.25, 0.3) is 0 Å². The zero-order valence-corrected chi connectivity index (χ0v) is 14.8. The number of benzene rings is 1. The van der Waals surface area contributed by atoms with E-state index in [1.54, 1.807) is 27.8 Å². The highest BCUT2D eigenvalue weighted by atomic mass is 16.6. The number of alkyl carbamates (subject to hydrolysis) is 1. The average molecular weight is 331 g/mol. The van der Waals surface area contributed by atoms with Crippen LogP contribution in [-0.2, 0) is 23.0 Å². The molecule has 24 heavy (non-hydrogen) atoms. The Hall–Kier alpha value is -2.50. The van der Waals surface area contributed by atoms with Crippen LogP contribution in [0, 0.1) is 0 Å². The Bertz CT molecular complexity index is 744. The molecule has 2 aromatic rings. The van der Waals surface area contributed by atoms with E-state index < -0.39 is 17.7 Å². The number of likely N-dealkylation sites (N-methyl/N-ethyl adjacent to an activating group) is 1. The van der Waals surface area contributed by atoms with Crippen LogP contribution in [0.25, 0.3) is 10.9 Å². The number of nitrogens with one attached hydrogen (secondary N) is 2. The fourth-order valence-corrected chi connectivity index (χ4v) is 2.64. The third-order valence-corrected chi connectivity index (χ3v) is 3.66. The standard InChI is InChI=1S/C18H25N3O3/c1-18(2,3)24-17(23)20-14(16(22)19-4)10-12-11-21(5)15-9-7-6-8-13(12)15/h6-9,11,14H,10H2,1-5H3,(H,19,22)(H,20,23)/t14-/m1/s1. The Labute approximate surface area is 142 Å². The van der Waals surface area contributed by atoms with E-state index in [9.17, 15) is 9.59 Å². The van der Waals surface area contributed by atoms with Crippen molar-refractivity contribution in [3.8, 4) is 0 Å². The summed E-state index contributed by atoms with van der Waals surface area (Å²) >= 11 is 0. The second-order valence-electron chi connectivity index (χ2n) is 6.80. The highest BCUT2D eigenvalue weighted by Crippen LogP contribution is 2.21. The zero-order valence-electron chi connectivity index (χ0n) is 14.8. The van der Waals surface area contributed by atoms with E-state index in [-0.39, 0.29) is 5.91 Å². The van der Waals surface area contributed by atoms with E-state index in [0.717, 1.165) is 16.5 Å². The van der Waals surface area contributed by atoms with Gasteiger partial charge in [0.1, 0.15) is 11.6 Å². The first kappa shape index (κ1) is 17.8. The molecule has 0 saturated carbocycles. The van der Waals surface area contributed by atoms with Crippen molar-refractivity contribution in [1.29, 1.82) is 0 Å². The minimum Gasteiger partial charge on any atom is -0.444 e. The molecule has 2 N–H and O–H groups in total. The van der Waals surface area contributed by atoms with Crippen LogP contribution in [0.3, 0.4) is 0 Å². The number of nitrogens with zero attached hydrogens (tertiary/aromatic N) is 1. The van der Waals surface area contributed by atoms with E-state index >= 15 is 0 Å². The van der Waals surface area contributed by atoms with E-state index in [0.29, 0.717) is 6.42 Å². The molecule has 0 aliphatic carbocycles. The van der Waals surface area contributed by atoms with Gasteiger partial charge in [-0.05, 0) is 32.4 Å². The van der Waals surface area contributed by atoms with Crippen molar-refractivity contribution < 1.29 is 14.3 Å². The van der Waals surface area contributed by atoms with Gasteiger partial charge in [-0.2, -0.15) is 0 Å². The Kier molecular flexibility index (Phi) is 5.17. The molecule has 1 atom stereocenters. The number of rotatable bonds is 4. The third kappa shape index (κ3) is 4.28. The number of fused-ring (bicyclic) bond motifs is 1. The van der Waals surface area contributed by atoms with Crippen LogP contribution >= 0.6 is 0 Å². The minimum absolute atomic E-state index is 0.256. The quantitative estimate of drug-likeness (QED) is 0.903. The molecule has 6 nitrogen and oxygen atoms in total. The second kappa shape index (κ2) is 6.95. The van der Waals surface area contributed by atoms with Crippen molar-refractivity contribution in [2.75, 3.05) is 7.05 Å². The van der Waals surface area contributed by atoms with Crippen LogP contribution in [0.2, 0.25) is 0 Å². The lowest BCUT2D eigenvalue weighted by Crippen LogP contribution is -2.48. The van der Waals surface area contributed by atoms with Gasteiger partial charge in [-0.1, -0.05) is 18.2 Å². The van der Waals surface area contributed by atoms with Crippen LogP contribution < -0.4 is 10.6 Å².